The number of aryl methyl sites for hydroxylation is 1. The fraction of sp³-hybridized carbons (Fsp3) is 0.765. The van der Waals surface area contributed by atoms with Crippen LogP contribution in [0.4, 0.5) is 0 Å². The Bertz CT molecular complexity index is 697. The molecule has 7 nitrogen and oxygen atoms in total. The van der Waals surface area contributed by atoms with Gasteiger partial charge < -0.3 is 14.6 Å². The maximum atomic E-state index is 12.1. The van der Waals surface area contributed by atoms with Gasteiger partial charge in [-0.1, -0.05) is 13.3 Å². The van der Waals surface area contributed by atoms with Gasteiger partial charge in [0, 0.05) is 24.8 Å². The first-order valence-corrected chi connectivity index (χ1v) is 8.76. The van der Waals surface area contributed by atoms with Gasteiger partial charge in [-0.2, -0.15) is 0 Å². The smallest absolute Gasteiger partial charge is 0.330 e. The highest BCUT2D eigenvalue weighted by Crippen LogP contribution is 2.45. The minimum atomic E-state index is -0.983. The largest absolute Gasteiger partial charge is 0.387 e. The molecule has 0 bridgehead atoms. The van der Waals surface area contributed by atoms with Crippen LogP contribution >= 0.6 is 0 Å². The highest BCUT2D eigenvalue weighted by Gasteiger charge is 2.53. The Labute approximate surface area is 140 Å². The van der Waals surface area contributed by atoms with E-state index in [0.29, 0.717) is 25.0 Å². The Kier molecular flexibility index (Phi) is 4.94. The second-order valence-corrected chi connectivity index (χ2v) is 6.95. The molecule has 2 aliphatic rings. The summed E-state index contributed by atoms with van der Waals surface area (Å²) in [6, 6.07) is 0. The van der Waals surface area contributed by atoms with Crippen molar-refractivity contribution in [1.82, 2.24) is 9.55 Å². The zero-order chi connectivity index (χ0) is 17.3. The van der Waals surface area contributed by atoms with E-state index in [9.17, 15) is 14.7 Å². The summed E-state index contributed by atoms with van der Waals surface area (Å²) in [6.45, 7) is 4.40. The number of nitrogens with zero attached hydrogens (tertiary/aromatic N) is 1. The van der Waals surface area contributed by atoms with Crippen LogP contribution in [0.2, 0.25) is 0 Å². The molecule has 0 spiro atoms. The van der Waals surface area contributed by atoms with E-state index >= 15 is 0 Å². The predicted molar refractivity (Wildman–Crippen MR) is 88.0 cm³/mol. The van der Waals surface area contributed by atoms with Gasteiger partial charge in [0.05, 0.1) is 11.7 Å². The van der Waals surface area contributed by atoms with Gasteiger partial charge in [0.2, 0.25) is 0 Å². The van der Waals surface area contributed by atoms with Crippen LogP contribution in [0.3, 0.4) is 0 Å². The number of ether oxygens (including phenoxy) is 2. The van der Waals surface area contributed by atoms with Crippen molar-refractivity contribution in [1.29, 1.82) is 0 Å². The first-order valence-electron chi connectivity index (χ1n) is 8.76. The first-order chi connectivity index (χ1) is 11.4. The Morgan fingerprint density at radius 1 is 1.50 bits per heavy atom. The molecule has 1 saturated heterocycles. The number of H-pyrrole nitrogens is 1. The molecule has 3 rings (SSSR count). The summed E-state index contributed by atoms with van der Waals surface area (Å²) in [4.78, 5) is 25.9. The van der Waals surface area contributed by atoms with Crippen molar-refractivity contribution in [2.75, 3.05) is 6.61 Å². The molecular formula is C17H26N2O5. The van der Waals surface area contributed by atoms with E-state index in [0.717, 1.165) is 25.7 Å². The molecule has 2 fully saturated rings. The molecule has 0 aromatic carbocycles. The average molecular weight is 338 g/mol. The van der Waals surface area contributed by atoms with Gasteiger partial charge in [-0.25, -0.2) is 4.79 Å². The third-order valence-electron chi connectivity index (χ3n) is 5.08. The summed E-state index contributed by atoms with van der Waals surface area (Å²) in [5.41, 5.74) is -1.45. The van der Waals surface area contributed by atoms with Crippen molar-refractivity contribution in [3.05, 3.63) is 32.6 Å². The number of aliphatic hydroxyl groups is 1. The lowest BCUT2D eigenvalue weighted by Gasteiger charge is -2.38. The second-order valence-electron chi connectivity index (χ2n) is 6.95. The molecule has 2 N–H and O–H groups in total. The van der Waals surface area contributed by atoms with E-state index < -0.39 is 29.2 Å². The van der Waals surface area contributed by atoms with Crippen molar-refractivity contribution >= 4 is 0 Å². The summed E-state index contributed by atoms with van der Waals surface area (Å²) in [6.07, 6.45) is 5.05. The normalized spacial score (nSPS) is 32.7. The lowest BCUT2D eigenvalue weighted by molar-refractivity contribution is -0.156. The van der Waals surface area contributed by atoms with Crippen molar-refractivity contribution < 1.29 is 14.6 Å². The van der Waals surface area contributed by atoms with Gasteiger partial charge in [-0.15, -0.1) is 0 Å². The number of unbranched alkanes of at least 4 members (excludes halogenated alkanes) is 1. The SMILES string of the molecule is CCCCO[C@@H]1CCC[C@]2(O)C[C@H](n3cc(C)c(=O)[nH]c3=O)O[C@@H]12. The number of fused-ring (bicyclic) bond motifs is 1. The Morgan fingerprint density at radius 3 is 3.04 bits per heavy atom. The molecule has 2 heterocycles. The molecule has 1 aliphatic carbocycles. The number of aromatic amines is 1. The van der Waals surface area contributed by atoms with Crippen molar-refractivity contribution in [3.8, 4) is 0 Å². The number of hydrogen-bond acceptors (Lipinski definition) is 5. The van der Waals surface area contributed by atoms with Crippen LogP contribution < -0.4 is 11.2 Å². The summed E-state index contributed by atoms with van der Waals surface area (Å²) in [7, 11) is 0. The molecule has 0 amide bonds. The van der Waals surface area contributed by atoms with E-state index in [1.165, 1.54) is 10.8 Å². The molecule has 0 unspecified atom stereocenters. The van der Waals surface area contributed by atoms with Gasteiger partial charge in [-0.05, 0) is 32.6 Å². The van der Waals surface area contributed by atoms with E-state index in [4.69, 9.17) is 9.47 Å². The fourth-order valence-electron chi connectivity index (χ4n) is 3.71. The van der Waals surface area contributed by atoms with Crippen LogP contribution in [-0.2, 0) is 9.47 Å². The maximum Gasteiger partial charge on any atom is 0.330 e. The maximum absolute atomic E-state index is 12.1. The Hall–Kier alpha value is -1.44. The number of rotatable bonds is 5. The highest BCUT2D eigenvalue weighted by atomic mass is 16.6. The van der Waals surface area contributed by atoms with Crippen LogP contribution in [-0.4, -0.2) is 39.1 Å². The number of aromatic nitrogens is 2. The van der Waals surface area contributed by atoms with Crippen LogP contribution in [0.15, 0.2) is 15.8 Å². The molecule has 0 radical (unpaired) electrons. The Morgan fingerprint density at radius 2 is 2.29 bits per heavy atom. The molecule has 4 atom stereocenters. The number of nitrogens with one attached hydrogen (secondary N) is 1. The van der Waals surface area contributed by atoms with Crippen LogP contribution in [0, 0.1) is 6.92 Å². The Balaban J connectivity index is 1.81. The summed E-state index contributed by atoms with van der Waals surface area (Å²) in [5, 5.41) is 11.0. The van der Waals surface area contributed by atoms with Crippen LogP contribution in [0.25, 0.3) is 0 Å². The third-order valence-corrected chi connectivity index (χ3v) is 5.08. The average Bonchev–Trinajstić information content (AvgIpc) is 2.89. The minimum absolute atomic E-state index is 0.153. The summed E-state index contributed by atoms with van der Waals surface area (Å²) >= 11 is 0. The quantitative estimate of drug-likeness (QED) is 0.788. The molecule has 1 aromatic heterocycles. The molecular weight excluding hydrogens is 312 g/mol. The van der Waals surface area contributed by atoms with Gasteiger partial charge in [0.1, 0.15) is 12.3 Å². The van der Waals surface area contributed by atoms with Crippen molar-refractivity contribution in [3.63, 3.8) is 0 Å². The zero-order valence-corrected chi connectivity index (χ0v) is 14.3. The van der Waals surface area contributed by atoms with Gasteiger partial charge in [-0.3, -0.25) is 14.3 Å². The standard InChI is InChI=1S/C17H26N2O5/c1-3-4-8-23-12-6-5-7-17(22)9-13(24-14(12)17)19-10-11(2)15(20)18-16(19)21/h10,12-14,22H,3-9H2,1-2H3,(H,18,20,21)/t12-,13-,14+,17+/m1/s1. The lowest BCUT2D eigenvalue weighted by Crippen LogP contribution is -2.50. The molecule has 7 heteroatoms. The lowest BCUT2D eigenvalue weighted by atomic mass is 9.80. The highest BCUT2D eigenvalue weighted by molar-refractivity contribution is 5.06. The topological polar surface area (TPSA) is 93.5 Å². The third kappa shape index (κ3) is 3.20. The molecule has 1 aliphatic heterocycles. The van der Waals surface area contributed by atoms with E-state index in [-0.39, 0.29) is 6.10 Å². The monoisotopic (exact) mass is 338 g/mol. The van der Waals surface area contributed by atoms with Gasteiger partial charge in [0.15, 0.2) is 0 Å². The molecule has 1 aromatic rings. The summed E-state index contributed by atoms with van der Waals surface area (Å²) < 4.78 is 13.3. The van der Waals surface area contributed by atoms with E-state index in [1.807, 2.05) is 0 Å². The second kappa shape index (κ2) is 6.82. The molecule has 134 valence electrons. The zero-order valence-electron chi connectivity index (χ0n) is 14.3. The van der Waals surface area contributed by atoms with Crippen LogP contribution in [0.5, 0.6) is 0 Å². The van der Waals surface area contributed by atoms with Crippen molar-refractivity contribution in [2.45, 2.75) is 76.4 Å². The van der Waals surface area contributed by atoms with E-state index in [1.54, 1.807) is 6.92 Å². The number of hydrogen-bond donors (Lipinski definition) is 2. The first kappa shape index (κ1) is 17.4. The van der Waals surface area contributed by atoms with E-state index in [2.05, 4.69) is 11.9 Å². The fourth-order valence-corrected chi connectivity index (χ4v) is 3.71. The minimum Gasteiger partial charge on any atom is -0.387 e. The molecule has 1 saturated carbocycles. The van der Waals surface area contributed by atoms with Gasteiger partial charge >= 0.3 is 5.69 Å². The predicted octanol–water partition coefficient (Wildman–Crippen LogP) is 1.23. The van der Waals surface area contributed by atoms with Crippen molar-refractivity contribution in [2.24, 2.45) is 0 Å². The van der Waals surface area contributed by atoms with Gasteiger partial charge in [0.25, 0.3) is 5.56 Å². The van der Waals surface area contributed by atoms with Crippen LogP contribution in [0.1, 0.15) is 57.2 Å². The summed E-state index contributed by atoms with van der Waals surface area (Å²) in [5.74, 6) is 0. The molecule has 24 heavy (non-hydrogen) atoms.